The van der Waals surface area contributed by atoms with Gasteiger partial charge in [-0.1, -0.05) is 209 Å². The Morgan fingerprint density at radius 2 is 0.600 bits per heavy atom. The third kappa shape index (κ3) is 7.64. The molecular formula is C63H76BN. The van der Waals surface area contributed by atoms with Crippen LogP contribution in [0.15, 0.2) is 121 Å². The molecule has 3 aliphatic carbocycles. The number of nitrogens with zero attached hydrogens (tertiary/aromatic N) is 1. The number of benzene rings is 6. The van der Waals surface area contributed by atoms with Crippen LogP contribution in [0.1, 0.15) is 190 Å². The molecular weight excluding hydrogens is 782 g/mol. The average Bonchev–Trinajstić information content (AvgIpc) is 3.88. The van der Waals surface area contributed by atoms with Gasteiger partial charge >= 0.3 is 0 Å². The number of hydrogen-bond acceptors (Lipinski definition) is 1. The summed E-state index contributed by atoms with van der Waals surface area (Å²) in [6, 6.07) is 49.1. The summed E-state index contributed by atoms with van der Waals surface area (Å²) in [5, 5.41) is 0. The van der Waals surface area contributed by atoms with Gasteiger partial charge in [0.25, 0.3) is 0 Å². The molecule has 9 rings (SSSR count). The molecule has 0 aliphatic heterocycles. The van der Waals surface area contributed by atoms with Crippen LogP contribution >= 0.6 is 0 Å². The lowest BCUT2D eigenvalue weighted by atomic mass is 9.70. The fraction of sp³-hybridized carbons (Fsp3) is 0.429. The Bertz CT molecular complexity index is 2490. The van der Waals surface area contributed by atoms with E-state index in [0.717, 1.165) is 0 Å². The van der Waals surface area contributed by atoms with E-state index in [1.807, 2.05) is 0 Å². The quantitative estimate of drug-likeness (QED) is 0.0652. The SMILES string of the molecule is Bc1ccc2c(c1)C(CCCC)(CCCC)c1cc(N(c3ccc4c(c3)C(CCCC)(CCCC)c3ccccc3-4)c3ccc4c(c3)C(CCCC)(CCCC)c3ccccc3-4)ccc1-2. The Labute approximate surface area is 394 Å². The van der Waals surface area contributed by atoms with E-state index in [-0.39, 0.29) is 16.2 Å². The molecule has 0 radical (unpaired) electrons. The molecule has 3 aliphatic rings. The topological polar surface area (TPSA) is 3.24 Å². The molecule has 0 aromatic heterocycles. The molecule has 0 spiro atoms. The molecule has 6 aromatic rings. The molecule has 1 nitrogen and oxygen atoms in total. The lowest BCUT2D eigenvalue weighted by Gasteiger charge is -2.36. The highest BCUT2D eigenvalue weighted by atomic mass is 15.1. The monoisotopic (exact) mass is 858 g/mol. The van der Waals surface area contributed by atoms with Crippen molar-refractivity contribution in [2.45, 2.75) is 173 Å². The van der Waals surface area contributed by atoms with Gasteiger partial charge in [-0.15, -0.1) is 0 Å². The lowest BCUT2D eigenvalue weighted by Crippen LogP contribution is -2.27. The Balaban J connectivity index is 1.30. The summed E-state index contributed by atoms with van der Waals surface area (Å²) < 4.78 is 0. The summed E-state index contributed by atoms with van der Waals surface area (Å²) in [5.74, 6) is 0. The first-order valence-electron chi connectivity index (χ1n) is 26.4. The van der Waals surface area contributed by atoms with E-state index in [1.54, 1.807) is 33.4 Å². The van der Waals surface area contributed by atoms with Gasteiger partial charge in [-0.2, -0.15) is 0 Å². The van der Waals surface area contributed by atoms with Gasteiger partial charge in [0.1, 0.15) is 7.85 Å². The maximum absolute atomic E-state index is 2.69. The van der Waals surface area contributed by atoms with Gasteiger partial charge in [0, 0.05) is 33.3 Å². The zero-order valence-corrected chi connectivity index (χ0v) is 41.2. The molecule has 0 saturated carbocycles. The minimum absolute atomic E-state index is 0.00840. The molecule has 0 amide bonds. The first kappa shape index (κ1) is 45.3. The smallest absolute Gasteiger partial charge is 0.139 e. The van der Waals surface area contributed by atoms with E-state index in [0.29, 0.717) is 0 Å². The average molecular weight is 858 g/mol. The summed E-state index contributed by atoms with van der Waals surface area (Å²) in [6.07, 6.45) is 21.8. The molecule has 65 heavy (non-hydrogen) atoms. The van der Waals surface area contributed by atoms with Crippen LogP contribution in [-0.4, -0.2) is 7.85 Å². The van der Waals surface area contributed by atoms with Gasteiger partial charge in [0.05, 0.1) is 0 Å². The van der Waals surface area contributed by atoms with Crippen LogP contribution in [0, 0.1) is 0 Å². The number of anilines is 3. The van der Waals surface area contributed by atoms with Gasteiger partial charge in [-0.25, -0.2) is 0 Å². The largest absolute Gasteiger partial charge is 0.310 e. The van der Waals surface area contributed by atoms with Crippen molar-refractivity contribution in [1.82, 2.24) is 0 Å². The van der Waals surface area contributed by atoms with Crippen molar-refractivity contribution in [3.05, 3.63) is 155 Å². The second kappa shape index (κ2) is 19.2. The lowest BCUT2D eigenvalue weighted by molar-refractivity contribution is 0.414. The van der Waals surface area contributed by atoms with Crippen molar-refractivity contribution in [3.63, 3.8) is 0 Å². The molecule has 0 fully saturated rings. The number of rotatable bonds is 21. The third-order valence-corrected chi connectivity index (χ3v) is 16.5. The predicted molar refractivity (Wildman–Crippen MR) is 285 cm³/mol. The summed E-state index contributed by atoms with van der Waals surface area (Å²) in [6.45, 7) is 14.2. The van der Waals surface area contributed by atoms with Gasteiger partial charge in [0.15, 0.2) is 0 Å². The highest BCUT2D eigenvalue weighted by Crippen LogP contribution is 2.59. The molecule has 0 atom stereocenters. The van der Waals surface area contributed by atoms with E-state index in [9.17, 15) is 0 Å². The third-order valence-electron chi connectivity index (χ3n) is 16.5. The zero-order chi connectivity index (χ0) is 45.2. The summed E-state index contributed by atoms with van der Waals surface area (Å²) >= 11 is 0. The van der Waals surface area contributed by atoms with Crippen molar-refractivity contribution in [1.29, 1.82) is 0 Å². The van der Waals surface area contributed by atoms with Crippen LogP contribution < -0.4 is 10.4 Å². The standard InChI is InChI=1S/C63H76BN/c1-7-13-35-61(36-14-8-2)55-25-21-19-23-49(55)52-32-28-46(42-58(52)61)65(47-29-33-53-50-24-20-22-26-56(50)62(37-15-9-3,38-16-10-4)59(53)43-47)48-30-34-54-51-31-27-45(64)41-57(51)63(39-17-11-5,40-18-12-6)60(54)44-48/h19-34,41-44H,7-18,35-40,64H2,1-6H3. The van der Waals surface area contributed by atoms with E-state index in [4.69, 9.17) is 0 Å². The van der Waals surface area contributed by atoms with Gasteiger partial charge in [-0.3, -0.25) is 0 Å². The van der Waals surface area contributed by atoms with E-state index >= 15 is 0 Å². The van der Waals surface area contributed by atoms with Crippen molar-refractivity contribution >= 4 is 30.4 Å². The normalized spacial score (nSPS) is 15.2. The first-order chi connectivity index (χ1) is 31.8. The minimum Gasteiger partial charge on any atom is -0.310 e. The molecule has 336 valence electrons. The summed E-state index contributed by atoms with van der Waals surface area (Å²) in [5.41, 5.74) is 23.3. The Morgan fingerprint density at radius 3 is 0.938 bits per heavy atom. The van der Waals surface area contributed by atoms with Crippen LogP contribution in [0.5, 0.6) is 0 Å². The van der Waals surface area contributed by atoms with Crippen molar-refractivity contribution in [2.75, 3.05) is 4.90 Å². The fourth-order valence-electron chi connectivity index (χ4n) is 13.2. The molecule has 0 bridgehead atoms. The predicted octanol–water partition coefficient (Wildman–Crippen LogP) is 17.4. The number of fused-ring (bicyclic) bond motifs is 9. The van der Waals surface area contributed by atoms with Crippen molar-refractivity contribution in [2.24, 2.45) is 0 Å². The zero-order valence-electron chi connectivity index (χ0n) is 41.2. The van der Waals surface area contributed by atoms with Gasteiger partial charge in [-0.05, 0) is 142 Å². The fourth-order valence-corrected chi connectivity index (χ4v) is 13.2. The maximum Gasteiger partial charge on any atom is 0.139 e. The summed E-state index contributed by atoms with van der Waals surface area (Å²) in [4.78, 5) is 2.69. The van der Waals surface area contributed by atoms with Crippen molar-refractivity contribution in [3.8, 4) is 33.4 Å². The van der Waals surface area contributed by atoms with E-state index in [1.165, 1.54) is 171 Å². The molecule has 0 heterocycles. The molecule has 2 heteroatoms. The van der Waals surface area contributed by atoms with Crippen LogP contribution in [0.4, 0.5) is 17.1 Å². The van der Waals surface area contributed by atoms with Gasteiger partial charge in [0.2, 0.25) is 0 Å². The Morgan fingerprint density at radius 1 is 0.323 bits per heavy atom. The van der Waals surface area contributed by atoms with Gasteiger partial charge < -0.3 is 4.90 Å². The Kier molecular flexibility index (Phi) is 13.4. The minimum atomic E-state index is 0.00840. The Hall–Kier alpha value is -4.82. The van der Waals surface area contributed by atoms with Crippen molar-refractivity contribution < 1.29 is 0 Å². The first-order valence-corrected chi connectivity index (χ1v) is 26.4. The molecule has 0 N–H and O–H groups in total. The van der Waals surface area contributed by atoms with Crippen LogP contribution in [0.3, 0.4) is 0 Å². The van der Waals surface area contributed by atoms with Crippen LogP contribution in [0.2, 0.25) is 0 Å². The second-order valence-electron chi connectivity index (χ2n) is 20.5. The summed E-state index contributed by atoms with van der Waals surface area (Å²) in [7, 11) is 2.29. The second-order valence-corrected chi connectivity index (χ2v) is 20.5. The highest BCUT2D eigenvalue weighted by Gasteiger charge is 2.46. The maximum atomic E-state index is 2.69. The highest BCUT2D eigenvalue weighted by molar-refractivity contribution is 6.32. The number of unbranched alkanes of at least 4 members (excludes halogenated alkanes) is 6. The number of hydrogen-bond donors (Lipinski definition) is 0. The van der Waals surface area contributed by atoms with Crippen LogP contribution in [-0.2, 0) is 16.2 Å². The molecule has 6 aromatic carbocycles. The molecule has 0 unspecified atom stereocenters. The molecule has 0 saturated heterocycles. The van der Waals surface area contributed by atoms with E-state index in [2.05, 4.69) is 176 Å². The van der Waals surface area contributed by atoms with E-state index < -0.39 is 0 Å². The van der Waals surface area contributed by atoms with Crippen LogP contribution in [0.25, 0.3) is 33.4 Å².